The lowest BCUT2D eigenvalue weighted by Crippen LogP contribution is -2.25. The Bertz CT molecular complexity index is 394. The fourth-order valence-electron chi connectivity index (χ4n) is 1.84. The topological polar surface area (TPSA) is 67.2 Å². The van der Waals surface area contributed by atoms with Crippen LogP contribution in [0.15, 0.2) is 24.3 Å². The summed E-state index contributed by atoms with van der Waals surface area (Å²) in [6.45, 7) is 5.39. The number of urea groups is 1. The molecule has 106 valence electrons. The summed E-state index contributed by atoms with van der Waals surface area (Å²) in [7, 11) is 0. The van der Waals surface area contributed by atoms with Gasteiger partial charge in [0.25, 0.3) is 0 Å². The maximum absolute atomic E-state index is 10.7. The summed E-state index contributed by atoms with van der Waals surface area (Å²) in [4.78, 5) is 10.7. The predicted octanol–water partition coefficient (Wildman–Crippen LogP) is 2.83. The van der Waals surface area contributed by atoms with Crippen molar-refractivity contribution in [1.82, 2.24) is 5.32 Å². The van der Waals surface area contributed by atoms with Gasteiger partial charge in [0.15, 0.2) is 0 Å². The number of rotatable bonds is 7. The van der Waals surface area contributed by atoms with Gasteiger partial charge in [-0.3, -0.25) is 0 Å². The molecule has 0 aliphatic carbocycles. The highest BCUT2D eigenvalue weighted by Crippen LogP contribution is 2.16. The maximum Gasteiger partial charge on any atom is 0.316 e. The van der Waals surface area contributed by atoms with E-state index in [2.05, 4.69) is 30.7 Å². The number of hydrogen-bond donors (Lipinski definition) is 3. The number of thioether (sulfide) groups is 1. The molecule has 0 aromatic heterocycles. The van der Waals surface area contributed by atoms with Gasteiger partial charge in [0, 0.05) is 11.7 Å². The number of amides is 2. The smallest absolute Gasteiger partial charge is 0.316 e. The molecule has 1 aromatic rings. The molecule has 0 radical (unpaired) electrons. The fraction of sp³-hybridized carbons (Fsp3) is 0.500. The lowest BCUT2D eigenvalue weighted by Gasteiger charge is -2.18. The van der Waals surface area contributed by atoms with Crippen molar-refractivity contribution in [1.29, 1.82) is 0 Å². The van der Waals surface area contributed by atoms with Gasteiger partial charge in [0.05, 0.1) is 0 Å². The third kappa shape index (κ3) is 5.98. The average molecular weight is 281 g/mol. The summed E-state index contributed by atoms with van der Waals surface area (Å²) in [5.74, 6) is 1.83. The van der Waals surface area contributed by atoms with Gasteiger partial charge in [-0.25, -0.2) is 4.79 Å². The predicted molar refractivity (Wildman–Crippen MR) is 83.6 cm³/mol. The zero-order valence-corrected chi connectivity index (χ0v) is 12.6. The van der Waals surface area contributed by atoms with Crippen LogP contribution in [0.4, 0.5) is 10.5 Å². The minimum Gasteiger partial charge on any atom is -0.351 e. The van der Waals surface area contributed by atoms with Gasteiger partial charge in [-0.15, -0.1) is 0 Å². The van der Waals surface area contributed by atoms with E-state index in [-0.39, 0.29) is 0 Å². The van der Waals surface area contributed by atoms with Crippen molar-refractivity contribution in [2.24, 2.45) is 11.7 Å². The SMILES string of the molecule is CSCC(C)CNC(C)c1ccc(NC(N)=O)cc1. The molecule has 2 unspecified atom stereocenters. The molecule has 4 nitrogen and oxygen atoms in total. The van der Waals surface area contributed by atoms with E-state index in [9.17, 15) is 4.79 Å². The number of carbonyl (C=O) groups is 1. The Morgan fingerprint density at radius 3 is 2.47 bits per heavy atom. The van der Waals surface area contributed by atoms with Gasteiger partial charge in [-0.1, -0.05) is 19.1 Å². The van der Waals surface area contributed by atoms with E-state index in [0.717, 1.165) is 12.2 Å². The van der Waals surface area contributed by atoms with Crippen LogP contribution in [0.5, 0.6) is 0 Å². The summed E-state index contributed by atoms with van der Waals surface area (Å²) in [6.07, 6.45) is 2.13. The molecule has 0 bridgehead atoms. The Labute approximate surface area is 119 Å². The molecule has 0 aliphatic rings. The Morgan fingerprint density at radius 2 is 1.95 bits per heavy atom. The minimum atomic E-state index is -0.537. The zero-order valence-electron chi connectivity index (χ0n) is 11.8. The summed E-state index contributed by atoms with van der Waals surface area (Å²) in [6, 6.07) is 7.49. The second-order valence-corrected chi connectivity index (χ2v) is 5.71. The quantitative estimate of drug-likeness (QED) is 0.720. The van der Waals surface area contributed by atoms with Gasteiger partial charge >= 0.3 is 6.03 Å². The van der Waals surface area contributed by atoms with E-state index in [1.165, 1.54) is 11.3 Å². The minimum absolute atomic E-state index is 0.298. The van der Waals surface area contributed by atoms with Gasteiger partial charge < -0.3 is 16.4 Å². The van der Waals surface area contributed by atoms with E-state index < -0.39 is 6.03 Å². The number of nitrogens with one attached hydrogen (secondary N) is 2. The Morgan fingerprint density at radius 1 is 1.32 bits per heavy atom. The van der Waals surface area contributed by atoms with E-state index in [4.69, 9.17) is 5.73 Å². The van der Waals surface area contributed by atoms with Crippen molar-refractivity contribution in [2.75, 3.05) is 23.9 Å². The first-order chi connectivity index (χ1) is 9.02. The number of carbonyl (C=O) groups excluding carboxylic acids is 1. The van der Waals surface area contributed by atoms with Crippen LogP contribution in [-0.2, 0) is 0 Å². The molecule has 2 atom stereocenters. The summed E-state index contributed by atoms with van der Waals surface area (Å²) >= 11 is 1.87. The van der Waals surface area contributed by atoms with Crippen molar-refractivity contribution < 1.29 is 4.79 Å². The van der Waals surface area contributed by atoms with Crippen LogP contribution in [0, 0.1) is 5.92 Å². The third-order valence-electron chi connectivity index (χ3n) is 2.90. The second-order valence-electron chi connectivity index (χ2n) is 4.80. The van der Waals surface area contributed by atoms with E-state index in [1.807, 2.05) is 36.0 Å². The monoisotopic (exact) mass is 281 g/mol. The molecular formula is C14H23N3OS. The Hall–Kier alpha value is -1.20. The van der Waals surface area contributed by atoms with Crippen LogP contribution >= 0.6 is 11.8 Å². The molecule has 1 rings (SSSR count). The van der Waals surface area contributed by atoms with Gasteiger partial charge in [0.2, 0.25) is 0 Å². The van der Waals surface area contributed by atoms with Crippen molar-refractivity contribution in [3.05, 3.63) is 29.8 Å². The van der Waals surface area contributed by atoms with Crippen LogP contribution in [0.25, 0.3) is 0 Å². The summed E-state index contributed by atoms with van der Waals surface area (Å²) < 4.78 is 0. The average Bonchev–Trinajstić information content (AvgIpc) is 2.36. The first-order valence-electron chi connectivity index (χ1n) is 6.41. The van der Waals surface area contributed by atoms with E-state index in [0.29, 0.717) is 12.0 Å². The first-order valence-corrected chi connectivity index (χ1v) is 7.81. The lowest BCUT2D eigenvalue weighted by atomic mass is 10.1. The van der Waals surface area contributed by atoms with Crippen molar-refractivity contribution in [3.63, 3.8) is 0 Å². The molecule has 0 spiro atoms. The molecule has 0 fully saturated rings. The highest BCUT2D eigenvalue weighted by Gasteiger charge is 2.07. The first kappa shape index (κ1) is 15.9. The van der Waals surface area contributed by atoms with Crippen molar-refractivity contribution >= 4 is 23.5 Å². The van der Waals surface area contributed by atoms with E-state index >= 15 is 0 Å². The molecule has 2 amide bonds. The van der Waals surface area contributed by atoms with Crippen LogP contribution in [0.1, 0.15) is 25.5 Å². The Kier molecular flexibility index (Phi) is 6.73. The molecule has 0 saturated carbocycles. The third-order valence-corrected chi connectivity index (χ3v) is 3.80. The molecule has 0 heterocycles. The molecule has 0 saturated heterocycles. The van der Waals surface area contributed by atoms with Crippen LogP contribution in [0.3, 0.4) is 0 Å². The number of primary amides is 1. The standard InChI is InChI=1S/C14H23N3OS/c1-10(9-19-3)8-16-11(2)12-4-6-13(7-5-12)17-14(15)18/h4-7,10-11,16H,8-9H2,1-3H3,(H3,15,17,18). The number of anilines is 1. The summed E-state index contributed by atoms with van der Waals surface area (Å²) in [5, 5.41) is 6.07. The van der Waals surface area contributed by atoms with Gasteiger partial charge in [0.1, 0.15) is 0 Å². The van der Waals surface area contributed by atoms with Crippen molar-refractivity contribution in [3.8, 4) is 0 Å². The molecule has 19 heavy (non-hydrogen) atoms. The van der Waals surface area contributed by atoms with Gasteiger partial charge in [-0.2, -0.15) is 11.8 Å². The lowest BCUT2D eigenvalue weighted by molar-refractivity contribution is 0.259. The van der Waals surface area contributed by atoms with E-state index in [1.54, 1.807) is 0 Å². The van der Waals surface area contributed by atoms with Crippen LogP contribution in [0.2, 0.25) is 0 Å². The Balaban J connectivity index is 2.48. The van der Waals surface area contributed by atoms with Crippen LogP contribution in [-0.4, -0.2) is 24.6 Å². The molecule has 1 aromatic carbocycles. The van der Waals surface area contributed by atoms with Crippen molar-refractivity contribution in [2.45, 2.75) is 19.9 Å². The van der Waals surface area contributed by atoms with Crippen LogP contribution < -0.4 is 16.4 Å². The second kappa shape index (κ2) is 8.07. The normalized spacial score (nSPS) is 13.8. The highest BCUT2D eigenvalue weighted by atomic mass is 32.2. The molecule has 0 aliphatic heterocycles. The summed E-state index contributed by atoms with van der Waals surface area (Å²) in [5.41, 5.74) is 6.99. The number of hydrogen-bond acceptors (Lipinski definition) is 3. The zero-order chi connectivity index (χ0) is 14.3. The largest absolute Gasteiger partial charge is 0.351 e. The number of nitrogens with two attached hydrogens (primary N) is 1. The molecule has 5 heteroatoms. The number of benzene rings is 1. The highest BCUT2D eigenvalue weighted by molar-refractivity contribution is 7.98. The van der Waals surface area contributed by atoms with Gasteiger partial charge in [-0.05, 0) is 49.1 Å². The molecule has 4 N–H and O–H groups in total. The molecular weight excluding hydrogens is 258 g/mol. The fourth-order valence-corrected chi connectivity index (χ4v) is 2.52. The maximum atomic E-state index is 10.7.